The number of aromatic amines is 1. The van der Waals surface area contributed by atoms with Gasteiger partial charge < -0.3 is 5.73 Å². The summed E-state index contributed by atoms with van der Waals surface area (Å²) in [6.07, 6.45) is 1.37. The van der Waals surface area contributed by atoms with Crippen molar-refractivity contribution in [2.45, 2.75) is 11.9 Å². The van der Waals surface area contributed by atoms with Gasteiger partial charge in [0.15, 0.2) is 5.03 Å². The molecular weight excluding hydrogens is 236 g/mol. The number of thiocarbonyl (C=S) groups is 1. The van der Waals surface area contributed by atoms with E-state index in [1.165, 1.54) is 12.3 Å². The monoisotopic (exact) mass is 248 g/mol. The molecule has 0 aliphatic heterocycles. The Morgan fingerprint density at radius 1 is 1.80 bits per heavy atom. The Morgan fingerprint density at radius 2 is 2.47 bits per heavy atom. The first-order valence-corrected chi connectivity index (χ1v) is 6.11. The topological polar surface area (TPSA) is 101 Å². The molecular formula is C7H12N4O2S2. The molecule has 1 atom stereocenters. The Kier molecular flexibility index (Phi) is 3.77. The van der Waals surface area contributed by atoms with E-state index in [-0.39, 0.29) is 22.5 Å². The second-order valence-electron chi connectivity index (χ2n) is 3.08. The molecule has 0 aliphatic carbocycles. The van der Waals surface area contributed by atoms with E-state index in [1.807, 2.05) is 0 Å². The summed E-state index contributed by atoms with van der Waals surface area (Å²) in [7, 11) is -3.53. The number of hydrogen-bond donors (Lipinski definition) is 3. The number of H-pyrrole nitrogens is 1. The maximum Gasteiger partial charge on any atom is 0.257 e. The van der Waals surface area contributed by atoms with Crippen molar-refractivity contribution in [3.05, 3.63) is 12.3 Å². The van der Waals surface area contributed by atoms with Crippen LogP contribution in [0.2, 0.25) is 0 Å². The molecule has 6 nitrogen and oxygen atoms in total. The van der Waals surface area contributed by atoms with E-state index >= 15 is 0 Å². The van der Waals surface area contributed by atoms with E-state index in [4.69, 9.17) is 18.0 Å². The van der Waals surface area contributed by atoms with Crippen LogP contribution in [0.25, 0.3) is 0 Å². The average molecular weight is 248 g/mol. The van der Waals surface area contributed by atoms with Gasteiger partial charge >= 0.3 is 0 Å². The first kappa shape index (κ1) is 12.1. The maximum absolute atomic E-state index is 11.6. The third kappa shape index (κ3) is 3.26. The predicted octanol–water partition coefficient (Wildman–Crippen LogP) is -0.390. The van der Waals surface area contributed by atoms with Crippen LogP contribution in [-0.2, 0) is 10.0 Å². The van der Waals surface area contributed by atoms with Gasteiger partial charge in [-0.15, -0.1) is 0 Å². The van der Waals surface area contributed by atoms with Crippen LogP contribution in [-0.4, -0.2) is 30.1 Å². The molecule has 0 saturated heterocycles. The quantitative estimate of drug-likeness (QED) is 0.616. The van der Waals surface area contributed by atoms with Gasteiger partial charge in [0.1, 0.15) is 0 Å². The van der Waals surface area contributed by atoms with E-state index in [0.29, 0.717) is 0 Å². The van der Waals surface area contributed by atoms with E-state index in [1.54, 1.807) is 6.92 Å². The van der Waals surface area contributed by atoms with Gasteiger partial charge in [0.25, 0.3) is 10.0 Å². The molecule has 0 bridgehead atoms. The molecule has 0 fully saturated rings. The van der Waals surface area contributed by atoms with Gasteiger partial charge in [0.05, 0.1) is 11.2 Å². The SMILES string of the molecule is CC(CNS(=O)(=O)c1ccn[nH]1)C(N)=S. The molecule has 1 rings (SSSR count). The molecule has 1 aromatic heterocycles. The standard InChI is InChI=1S/C7H12N4O2S2/c1-5(7(8)14)4-10-15(12,13)6-2-3-9-11-6/h2-3,5,10H,4H2,1H3,(H2,8,14)(H,9,11). The van der Waals surface area contributed by atoms with Gasteiger partial charge in [0, 0.05) is 12.5 Å². The van der Waals surface area contributed by atoms with Gasteiger partial charge in [-0.2, -0.15) is 5.10 Å². The number of aromatic nitrogens is 2. The van der Waals surface area contributed by atoms with Crippen molar-refractivity contribution >= 4 is 27.2 Å². The van der Waals surface area contributed by atoms with Crippen LogP contribution in [0.4, 0.5) is 0 Å². The van der Waals surface area contributed by atoms with Crippen LogP contribution < -0.4 is 10.5 Å². The van der Waals surface area contributed by atoms with Crippen molar-refractivity contribution in [3.8, 4) is 0 Å². The third-order valence-corrected chi connectivity index (χ3v) is 3.59. The van der Waals surface area contributed by atoms with Crippen molar-refractivity contribution in [1.82, 2.24) is 14.9 Å². The number of nitrogens with one attached hydrogen (secondary N) is 2. The van der Waals surface area contributed by atoms with Crippen molar-refractivity contribution in [3.63, 3.8) is 0 Å². The molecule has 0 amide bonds. The van der Waals surface area contributed by atoms with Crippen molar-refractivity contribution < 1.29 is 8.42 Å². The molecule has 0 aliphatic rings. The number of sulfonamides is 1. The summed E-state index contributed by atoms with van der Waals surface area (Å²) in [6.45, 7) is 1.93. The number of hydrogen-bond acceptors (Lipinski definition) is 4. The van der Waals surface area contributed by atoms with Gasteiger partial charge in [-0.25, -0.2) is 13.1 Å². The summed E-state index contributed by atoms with van der Waals surface area (Å²) in [5.41, 5.74) is 5.36. The second kappa shape index (κ2) is 4.69. The fourth-order valence-corrected chi connectivity index (χ4v) is 1.93. The van der Waals surface area contributed by atoms with Crippen molar-refractivity contribution in [2.24, 2.45) is 11.7 Å². The predicted molar refractivity (Wildman–Crippen MR) is 59.7 cm³/mol. The molecule has 0 aromatic carbocycles. The zero-order valence-electron chi connectivity index (χ0n) is 8.10. The van der Waals surface area contributed by atoms with Crippen LogP contribution in [0.1, 0.15) is 6.92 Å². The Bertz CT molecular complexity index is 426. The van der Waals surface area contributed by atoms with Gasteiger partial charge in [-0.05, 0) is 6.07 Å². The van der Waals surface area contributed by atoms with Crippen LogP contribution in [0.3, 0.4) is 0 Å². The molecule has 8 heteroatoms. The number of nitrogens with zero attached hydrogens (tertiary/aromatic N) is 1. The number of nitrogens with two attached hydrogens (primary N) is 1. The van der Waals surface area contributed by atoms with Gasteiger partial charge in [-0.3, -0.25) is 5.10 Å². The minimum Gasteiger partial charge on any atom is -0.393 e. The van der Waals surface area contributed by atoms with Crippen molar-refractivity contribution in [1.29, 1.82) is 0 Å². The first-order chi connectivity index (χ1) is 6.93. The van der Waals surface area contributed by atoms with Crippen LogP contribution in [0, 0.1) is 5.92 Å². The first-order valence-electron chi connectivity index (χ1n) is 4.22. The highest BCUT2D eigenvalue weighted by Gasteiger charge is 2.16. The van der Waals surface area contributed by atoms with E-state index in [2.05, 4.69) is 14.9 Å². The zero-order valence-corrected chi connectivity index (χ0v) is 9.73. The Morgan fingerprint density at radius 3 is 2.93 bits per heavy atom. The zero-order chi connectivity index (χ0) is 11.5. The largest absolute Gasteiger partial charge is 0.393 e. The fourth-order valence-electron chi connectivity index (χ4n) is 0.806. The molecule has 0 spiro atoms. The summed E-state index contributed by atoms with van der Waals surface area (Å²) in [6, 6.07) is 1.37. The third-order valence-electron chi connectivity index (χ3n) is 1.83. The molecule has 0 saturated carbocycles. The molecule has 15 heavy (non-hydrogen) atoms. The lowest BCUT2D eigenvalue weighted by Gasteiger charge is -2.10. The normalized spacial score (nSPS) is 13.7. The van der Waals surface area contributed by atoms with Crippen molar-refractivity contribution in [2.75, 3.05) is 6.54 Å². The summed E-state index contributed by atoms with van der Waals surface area (Å²) in [5.74, 6) is -0.183. The Hall–Kier alpha value is -0.990. The van der Waals surface area contributed by atoms with Crippen LogP contribution >= 0.6 is 12.2 Å². The van der Waals surface area contributed by atoms with Gasteiger partial charge in [-0.1, -0.05) is 19.1 Å². The minimum absolute atomic E-state index is 0.0256. The lowest BCUT2D eigenvalue weighted by molar-refractivity contribution is 0.571. The van der Waals surface area contributed by atoms with Crippen LogP contribution in [0.15, 0.2) is 17.3 Å². The number of rotatable bonds is 5. The molecule has 1 heterocycles. The van der Waals surface area contributed by atoms with E-state index < -0.39 is 10.0 Å². The van der Waals surface area contributed by atoms with Gasteiger partial charge in [0.2, 0.25) is 0 Å². The summed E-state index contributed by atoms with van der Waals surface area (Å²) in [4.78, 5) is 0.280. The Labute approximate surface area is 93.3 Å². The smallest absolute Gasteiger partial charge is 0.257 e. The summed E-state index contributed by atoms with van der Waals surface area (Å²) < 4.78 is 25.5. The summed E-state index contributed by atoms with van der Waals surface area (Å²) in [5, 5.41) is 5.95. The van der Waals surface area contributed by atoms with E-state index in [9.17, 15) is 8.42 Å². The Balaban J connectivity index is 2.63. The lowest BCUT2D eigenvalue weighted by atomic mass is 10.2. The highest BCUT2D eigenvalue weighted by atomic mass is 32.2. The molecule has 84 valence electrons. The minimum atomic E-state index is -3.53. The molecule has 1 unspecified atom stereocenters. The molecule has 4 N–H and O–H groups in total. The van der Waals surface area contributed by atoms with Crippen LogP contribution in [0.5, 0.6) is 0 Å². The average Bonchev–Trinajstić information content (AvgIpc) is 2.67. The summed E-state index contributed by atoms with van der Waals surface area (Å²) >= 11 is 4.73. The van der Waals surface area contributed by atoms with E-state index in [0.717, 1.165) is 0 Å². The molecule has 1 aromatic rings. The lowest BCUT2D eigenvalue weighted by Crippen LogP contribution is -2.33. The highest BCUT2D eigenvalue weighted by molar-refractivity contribution is 7.89. The fraction of sp³-hybridized carbons (Fsp3) is 0.429. The highest BCUT2D eigenvalue weighted by Crippen LogP contribution is 2.03. The maximum atomic E-state index is 11.6. The molecule has 0 radical (unpaired) electrons. The second-order valence-corrected chi connectivity index (χ2v) is 5.28.